The third kappa shape index (κ3) is 3.72. The van der Waals surface area contributed by atoms with Gasteiger partial charge in [0.05, 0.1) is 10.7 Å². The lowest BCUT2D eigenvalue weighted by Gasteiger charge is -2.08. The highest BCUT2D eigenvalue weighted by Gasteiger charge is 2.05. The second kappa shape index (κ2) is 6.08. The summed E-state index contributed by atoms with van der Waals surface area (Å²) >= 11 is 12.0. The van der Waals surface area contributed by atoms with Crippen LogP contribution in [0, 0.1) is 0 Å². The monoisotopic (exact) mass is 297 g/mol. The van der Waals surface area contributed by atoms with Crippen LogP contribution in [0.15, 0.2) is 29.1 Å². The number of aromatic amines is 1. The number of aromatic nitrogens is 2. The fourth-order valence-corrected chi connectivity index (χ4v) is 2.01. The van der Waals surface area contributed by atoms with E-state index in [0.29, 0.717) is 21.7 Å². The normalized spacial score (nSPS) is 10.5. The molecule has 0 aliphatic rings. The number of nitrogens with one attached hydrogen (secondary N) is 2. The third-order valence-corrected chi connectivity index (χ3v) is 3.05. The van der Waals surface area contributed by atoms with Crippen molar-refractivity contribution in [3.05, 3.63) is 50.4 Å². The highest BCUT2D eigenvalue weighted by Crippen LogP contribution is 2.27. The molecule has 0 spiro atoms. The number of hydrogen-bond donors (Lipinski definition) is 2. The van der Waals surface area contributed by atoms with Crippen LogP contribution in [0.1, 0.15) is 19.0 Å². The van der Waals surface area contributed by atoms with Crippen LogP contribution in [-0.2, 0) is 6.42 Å². The van der Waals surface area contributed by atoms with E-state index in [-0.39, 0.29) is 5.56 Å². The van der Waals surface area contributed by atoms with Crippen LogP contribution in [0.2, 0.25) is 10.0 Å². The lowest BCUT2D eigenvalue weighted by atomic mass is 10.2. The van der Waals surface area contributed by atoms with Gasteiger partial charge in [0.25, 0.3) is 5.56 Å². The van der Waals surface area contributed by atoms with Gasteiger partial charge in [0.2, 0.25) is 5.95 Å². The zero-order chi connectivity index (χ0) is 13.8. The van der Waals surface area contributed by atoms with Crippen molar-refractivity contribution in [1.29, 1.82) is 0 Å². The number of aryl methyl sites for hydroxylation is 1. The fourth-order valence-electron chi connectivity index (χ4n) is 1.67. The van der Waals surface area contributed by atoms with Crippen LogP contribution in [0.25, 0.3) is 0 Å². The molecule has 0 aliphatic heterocycles. The van der Waals surface area contributed by atoms with Gasteiger partial charge < -0.3 is 5.32 Å². The molecule has 2 rings (SSSR count). The second-order valence-corrected chi connectivity index (χ2v) is 4.93. The molecule has 6 heteroatoms. The number of nitrogens with zero attached hydrogens (tertiary/aromatic N) is 1. The van der Waals surface area contributed by atoms with Gasteiger partial charge in [-0.25, -0.2) is 4.98 Å². The summed E-state index contributed by atoms with van der Waals surface area (Å²) in [5.74, 6) is 0.361. The van der Waals surface area contributed by atoms with Crippen LogP contribution < -0.4 is 10.9 Å². The first-order valence-corrected chi connectivity index (χ1v) is 6.66. The van der Waals surface area contributed by atoms with E-state index in [1.165, 1.54) is 6.07 Å². The molecule has 0 aliphatic carbocycles. The van der Waals surface area contributed by atoms with E-state index in [1.807, 2.05) is 6.92 Å². The molecule has 100 valence electrons. The molecule has 1 aromatic heterocycles. The van der Waals surface area contributed by atoms with Crippen molar-refractivity contribution in [1.82, 2.24) is 9.97 Å². The van der Waals surface area contributed by atoms with Crippen LogP contribution in [-0.4, -0.2) is 9.97 Å². The quantitative estimate of drug-likeness (QED) is 0.903. The molecule has 19 heavy (non-hydrogen) atoms. The third-order valence-electron chi connectivity index (χ3n) is 2.48. The van der Waals surface area contributed by atoms with E-state index >= 15 is 0 Å². The lowest BCUT2D eigenvalue weighted by molar-refractivity contribution is 0.870. The minimum atomic E-state index is -0.195. The molecule has 4 nitrogen and oxygen atoms in total. The van der Waals surface area contributed by atoms with E-state index in [2.05, 4.69) is 15.3 Å². The topological polar surface area (TPSA) is 57.8 Å². The summed E-state index contributed by atoms with van der Waals surface area (Å²) in [6.45, 7) is 2.03. The summed E-state index contributed by atoms with van der Waals surface area (Å²) in [6.07, 6.45) is 1.68. The minimum Gasteiger partial charge on any atom is -0.324 e. The summed E-state index contributed by atoms with van der Waals surface area (Å²) < 4.78 is 0. The SMILES string of the molecule is CCCc1cc(=O)[nH]c(Nc2cc(Cl)ccc2Cl)n1. The number of anilines is 2. The maximum atomic E-state index is 11.5. The Hall–Kier alpha value is -1.52. The number of H-pyrrole nitrogens is 1. The molecule has 0 bridgehead atoms. The average molecular weight is 298 g/mol. The maximum Gasteiger partial charge on any atom is 0.252 e. The number of rotatable bonds is 4. The average Bonchev–Trinajstić information content (AvgIpc) is 2.33. The molecule has 0 fully saturated rings. The Kier molecular flexibility index (Phi) is 4.45. The first kappa shape index (κ1) is 13.9. The van der Waals surface area contributed by atoms with Crippen LogP contribution in [0.5, 0.6) is 0 Å². The molecule has 2 N–H and O–H groups in total. The minimum absolute atomic E-state index is 0.195. The predicted molar refractivity (Wildman–Crippen MR) is 78.6 cm³/mol. The van der Waals surface area contributed by atoms with E-state index in [9.17, 15) is 4.79 Å². The van der Waals surface area contributed by atoms with Gasteiger partial charge in [-0.15, -0.1) is 0 Å². The molecular formula is C13H13Cl2N3O. The molecule has 0 unspecified atom stereocenters. The van der Waals surface area contributed by atoms with Crippen LogP contribution in [0.4, 0.5) is 11.6 Å². The Balaban J connectivity index is 2.32. The standard InChI is InChI=1S/C13H13Cl2N3O/c1-2-3-9-7-12(19)18-13(16-9)17-11-6-8(14)4-5-10(11)15/h4-7H,2-3H2,1H3,(H2,16,17,18,19). The van der Waals surface area contributed by atoms with Crippen molar-refractivity contribution in [2.75, 3.05) is 5.32 Å². The van der Waals surface area contributed by atoms with Crippen molar-refractivity contribution in [3.63, 3.8) is 0 Å². The van der Waals surface area contributed by atoms with Crippen molar-refractivity contribution >= 4 is 34.8 Å². The van der Waals surface area contributed by atoms with E-state index < -0.39 is 0 Å². The molecule has 0 saturated carbocycles. The maximum absolute atomic E-state index is 11.5. The number of benzene rings is 1. The Morgan fingerprint density at radius 3 is 2.84 bits per heavy atom. The van der Waals surface area contributed by atoms with Gasteiger partial charge in [-0.1, -0.05) is 36.5 Å². The largest absolute Gasteiger partial charge is 0.324 e. The predicted octanol–water partition coefficient (Wildman–Crippen LogP) is 3.77. The zero-order valence-corrected chi connectivity index (χ0v) is 11.8. The first-order chi connectivity index (χ1) is 9.08. The van der Waals surface area contributed by atoms with Crippen LogP contribution >= 0.6 is 23.2 Å². The highest BCUT2D eigenvalue weighted by molar-refractivity contribution is 6.35. The van der Waals surface area contributed by atoms with Crippen molar-refractivity contribution in [2.24, 2.45) is 0 Å². The van der Waals surface area contributed by atoms with Crippen molar-refractivity contribution in [2.45, 2.75) is 19.8 Å². The summed E-state index contributed by atoms with van der Waals surface area (Å²) in [7, 11) is 0. The summed E-state index contributed by atoms with van der Waals surface area (Å²) in [4.78, 5) is 18.5. The van der Waals surface area contributed by atoms with E-state index in [0.717, 1.165) is 18.5 Å². The van der Waals surface area contributed by atoms with Gasteiger partial charge in [-0.2, -0.15) is 0 Å². The van der Waals surface area contributed by atoms with Gasteiger partial charge in [0.1, 0.15) is 0 Å². The number of hydrogen-bond acceptors (Lipinski definition) is 3. The van der Waals surface area contributed by atoms with Crippen LogP contribution in [0.3, 0.4) is 0 Å². The van der Waals surface area contributed by atoms with E-state index in [1.54, 1.807) is 18.2 Å². The van der Waals surface area contributed by atoms with Gasteiger partial charge in [-0.05, 0) is 24.6 Å². The smallest absolute Gasteiger partial charge is 0.252 e. The van der Waals surface area contributed by atoms with Gasteiger partial charge in [0, 0.05) is 16.8 Å². The Morgan fingerprint density at radius 2 is 2.11 bits per heavy atom. The Labute approximate surface area is 120 Å². The molecule has 1 aromatic carbocycles. The summed E-state index contributed by atoms with van der Waals surface area (Å²) in [6, 6.07) is 6.55. The lowest BCUT2D eigenvalue weighted by Crippen LogP contribution is -2.12. The first-order valence-electron chi connectivity index (χ1n) is 5.91. The second-order valence-electron chi connectivity index (χ2n) is 4.08. The molecular weight excluding hydrogens is 285 g/mol. The Morgan fingerprint density at radius 1 is 1.32 bits per heavy atom. The van der Waals surface area contributed by atoms with Crippen molar-refractivity contribution < 1.29 is 0 Å². The van der Waals surface area contributed by atoms with Crippen molar-refractivity contribution in [3.8, 4) is 0 Å². The molecule has 0 atom stereocenters. The molecule has 0 radical (unpaired) electrons. The van der Waals surface area contributed by atoms with E-state index in [4.69, 9.17) is 23.2 Å². The van der Waals surface area contributed by atoms with Gasteiger partial charge in [0.15, 0.2) is 0 Å². The fraction of sp³-hybridized carbons (Fsp3) is 0.231. The summed E-state index contributed by atoms with van der Waals surface area (Å²) in [5.41, 5.74) is 1.15. The van der Waals surface area contributed by atoms with Gasteiger partial charge in [-0.3, -0.25) is 9.78 Å². The number of halogens is 2. The molecule has 1 heterocycles. The Bertz CT molecular complexity index is 640. The molecule has 0 saturated heterocycles. The zero-order valence-electron chi connectivity index (χ0n) is 10.3. The molecule has 2 aromatic rings. The van der Waals surface area contributed by atoms with Gasteiger partial charge >= 0.3 is 0 Å². The highest BCUT2D eigenvalue weighted by atomic mass is 35.5. The molecule has 0 amide bonds. The summed E-state index contributed by atoms with van der Waals surface area (Å²) in [5, 5.41) is 4.03.